The van der Waals surface area contributed by atoms with E-state index in [4.69, 9.17) is 0 Å². The Morgan fingerprint density at radius 2 is 1.88 bits per heavy atom. The zero-order chi connectivity index (χ0) is 17.3. The van der Waals surface area contributed by atoms with Crippen molar-refractivity contribution in [2.45, 2.75) is 23.8 Å². The van der Waals surface area contributed by atoms with Crippen LogP contribution in [0.15, 0.2) is 57.9 Å². The minimum atomic E-state index is -3.53. The molecule has 1 aliphatic rings. The third kappa shape index (κ3) is 3.23. The fraction of sp³-hybridized carbons (Fsp3) is 0.333. The summed E-state index contributed by atoms with van der Waals surface area (Å²) >= 11 is 3.37. The van der Waals surface area contributed by atoms with Crippen molar-refractivity contribution in [2.24, 2.45) is 0 Å². The van der Waals surface area contributed by atoms with E-state index in [-0.39, 0.29) is 6.04 Å². The van der Waals surface area contributed by atoms with Crippen LogP contribution >= 0.6 is 15.9 Å². The Hall–Kier alpha value is -1.37. The highest BCUT2D eigenvalue weighted by molar-refractivity contribution is 9.10. The van der Waals surface area contributed by atoms with Gasteiger partial charge in [0.25, 0.3) is 0 Å². The maximum Gasteiger partial charge on any atom is 0.244 e. The third-order valence-corrected chi connectivity index (χ3v) is 7.32. The van der Waals surface area contributed by atoms with Crippen molar-refractivity contribution in [1.82, 2.24) is 4.31 Å². The molecule has 2 aromatic carbocycles. The van der Waals surface area contributed by atoms with Crippen LogP contribution in [0, 0.1) is 0 Å². The number of sulfonamides is 1. The van der Waals surface area contributed by atoms with Gasteiger partial charge in [-0.25, -0.2) is 8.42 Å². The highest BCUT2D eigenvalue weighted by Gasteiger charge is 2.37. The lowest BCUT2D eigenvalue weighted by Gasteiger charge is -2.26. The molecule has 0 aromatic heterocycles. The first-order chi connectivity index (χ1) is 11.4. The molecule has 1 saturated heterocycles. The molecule has 0 saturated carbocycles. The normalized spacial score (nSPS) is 18.7. The average molecular weight is 409 g/mol. The van der Waals surface area contributed by atoms with E-state index in [1.807, 2.05) is 43.3 Å². The fourth-order valence-corrected chi connectivity index (χ4v) is 5.80. The molecular weight excluding hydrogens is 388 g/mol. The molecule has 0 spiro atoms. The van der Waals surface area contributed by atoms with Gasteiger partial charge in [-0.05, 0) is 58.6 Å². The number of nitrogens with zero attached hydrogens (tertiary/aromatic N) is 2. The monoisotopic (exact) mass is 408 g/mol. The van der Waals surface area contributed by atoms with Gasteiger partial charge in [0.05, 0.1) is 10.9 Å². The van der Waals surface area contributed by atoms with Crippen LogP contribution in [0.5, 0.6) is 0 Å². The summed E-state index contributed by atoms with van der Waals surface area (Å²) in [6.45, 7) is 0.556. The molecular formula is C18H21BrN2O2S. The first kappa shape index (κ1) is 17.5. The number of hydrogen-bond donors (Lipinski definition) is 0. The van der Waals surface area contributed by atoms with E-state index in [1.54, 1.807) is 22.5 Å². The second-order valence-electron chi connectivity index (χ2n) is 6.19. The molecule has 0 amide bonds. The minimum absolute atomic E-state index is 0.109. The second-order valence-corrected chi connectivity index (χ2v) is 8.91. The standard InChI is InChI=1S/C18H21BrN2O2S/c1-20(2)15-8-5-7-14(13-15)17-10-6-12-21(17)24(22,23)18-11-4-3-9-16(18)19/h3-5,7-9,11,13,17H,6,10,12H2,1-2H3. The highest BCUT2D eigenvalue weighted by Crippen LogP contribution is 2.38. The summed E-state index contributed by atoms with van der Waals surface area (Å²) in [6.07, 6.45) is 1.72. The fourth-order valence-electron chi connectivity index (χ4n) is 3.15. The summed E-state index contributed by atoms with van der Waals surface area (Å²) in [5.74, 6) is 0. The number of benzene rings is 2. The lowest BCUT2D eigenvalue weighted by atomic mass is 10.0. The van der Waals surface area contributed by atoms with Crippen LogP contribution in [0.3, 0.4) is 0 Å². The number of halogens is 1. The van der Waals surface area contributed by atoms with Gasteiger partial charge < -0.3 is 4.90 Å². The van der Waals surface area contributed by atoms with E-state index < -0.39 is 10.0 Å². The Morgan fingerprint density at radius 3 is 2.58 bits per heavy atom. The van der Waals surface area contributed by atoms with E-state index in [1.165, 1.54) is 0 Å². The number of hydrogen-bond acceptors (Lipinski definition) is 3. The molecule has 1 unspecified atom stereocenters. The Morgan fingerprint density at radius 1 is 1.12 bits per heavy atom. The highest BCUT2D eigenvalue weighted by atomic mass is 79.9. The summed E-state index contributed by atoms with van der Waals surface area (Å²) in [4.78, 5) is 2.37. The zero-order valence-electron chi connectivity index (χ0n) is 13.8. The van der Waals surface area contributed by atoms with Crippen molar-refractivity contribution >= 4 is 31.6 Å². The molecule has 1 heterocycles. The lowest BCUT2D eigenvalue weighted by Crippen LogP contribution is -2.31. The summed E-state index contributed by atoms with van der Waals surface area (Å²) in [7, 11) is 0.452. The van der Waals surface area contributed by atoms with Gasteiger partial charge in [0.2, 0.25) is 10.0 Å². The lowest BCUT2D eigenvalue weighted by molar-refractivity contribution is 0.396. The molecule has 3 rings (SSSR count). The zero-order valence-corrected chi connectivity index (χ0v) is 16.2. The van der Waals surface area contributed by atoms with Crippen molar-refractivity contribution < 1.29 is 8.42 Å². The molecule has 0 bridgehead atoms. The van der Waals surface area contributed by atoms with Crippen LogP contribution < -0.4 is 4.90 Å². The van der Waals surface area contributed by atoms with E-state index in [0.29, 0.717) is 15.9 Å². The first-order valence-corrected chi connectivity index (χ1v) is 10.2. The summed E-state index contributed by atoms with van der Waals surface area (Å²) in [5, 5.41) is 0. The molecule has 4 nitrogen and oxygen atoms in total. The van der Waals surface area contributed by atoms with E-state index in [2.05, 4.69) is 22.0 Å². The van der Waals surface area contributed by atoms with Gasteiger partial charge >= 0.3 is 0 Å². The van der Waals surface area contributed by atoms with E-state index in [9.17, 15) is 8.42 Å². The smallest absolute Gasteiger partial charge is 0.244 e. The molecule has 1 atom stereocenters. The van der Waals surface area contributed by atoms with E-state index in [0.717, 1.165) is 24.1 Å². The average Bonchev–Trinajstić information content (AvgIpc) is 3.05. The molecule has 24 heavy (non-hydrogen) atoms. The van der Waals surface area contributed by atoms with Gasteiger partial charge in [-0.3, -0.25) is 0 Å². The second kappa shape index (κ2) is 6.86. The maximum atomic E-state index is 13.1. The number of rotatable bonds is 4. The minimum Gasteiger partial charge on any atom is -0.378 e. The first-order valence-electron chi connectivity index (χ1n) is 7.95. The molecule has 2 aromatic rings. The van der Waals surface area contributed by atoms with Gasteiger partial charge in [0.15, 0.2) is 0 Å². The van der Waals surface area contributed by atoms with Crippen LogP contribution in [0.25, 0.3) is 0 Å². The predicted octanol–water partition coefficient (Wildman–Crippen LogP) is 4.04. The molecule has 128 valence electrons. The number of anilines is 1. The van der Waals surface area contributed by atoms with Crippen molar-refractivity contribution in [3.8, 4) is 0 Å². The van der Waals surface area contributed by atoms with Gasteiger partial charge in [-0.15, -0.1) is 0 Å². The van der Waals surface area contributed by atoms with Crippen LogP contribution in [0.1, 0.15) is 24.4 Å². The van der Waals surface area contributed by atoms with Gasteiger partial charge in [0, 0.05) is 30.8 Å². The molecule has 6 heteroatoms. The van der Waals surface area contributed by atoms with Crippen LogP contribution in [0.2, 0.25) is 0 Å². The molecule has 0 radical (unpaired) electrons. The SMILES string of the molecule is CN(C)c1cccc(C2CCCN2S(=O)(=O)c2ccccc2Br)c1. The molecule has 0 aliphatic carbocycles. The van der Waals surface area contributed by atoms with Crippen molar-refractivity contribution in [3.05, 3.63) is 58.6 Å². The van der Waals surface area contributed by atoms with Crippen LogP contribution in [-0.4, -0.2) is 33.4 Å². The van der Waals surface area contributed by atoms with Crippen molar-refractivity contribution in [2.75, 3.05) is 25.5 Å². The summed E-state index contributed by atoms with van der Waals surface area (Å²) < 4.78 is 28.5. The van der Waals surface area contributed by atoms with Crippen molar-refractivity contribution in [3.63, 3.8) is 0 Å². The topological polar surface area (TPSA) is 40.6 Å². The molecule has 1 aliphatic heterocycles. The maximum absolute atomic E-state index is 13.1. The van der Waals surface area contributed by atoms with Gasteiger partial charge in [-0.1, -0.05) is 24.3 Å². The van der Waals surface area contributed by atoms with Gasteiger partial charge in [0.1, 0.15) is 0 Å². The summed E-state index contributed by atoms with van der Waals surface area (Å²) in [6, 6.07) is 15.0. The Bertz CT molecular complexity index is 836. The molecule has 1 fully saturated rings. The largest absolute Gasteiger partial charge is 0.378 e. The quantitative estimate of drug-likeness (QED) is 0.766. The van der Waals surface area contributed by atoms with Crippen LogP contribution in [-0.2, 0) is 10.0 Å². The van der Waals surface area contributed by atoms with Gasteiger partial charge in [-0.2, -0.15) is 4.31 Å². The van der Waals surface area contributed by atoms with E-state index >= 15 is 0 Å². The Kier molecular flexibility index (Phi) is 4.99. The predicted molar refractivity (Wildman–Crippen MR) is 101 cm³/mol. The third-order valence-electron chi connectivity index (χ3n) is 4.40. The summed E-state index contributed by atoms with van der Waals surface area (Å²) in [5.41, 5.74) is 2.13. The van der Waals surface area contributed by atoms with Crippen molar-refractivity contribution in [1.29, 1.82) is 0 Å². The Balaban J connectivity index is 1.99. The van der Waals surface area contributed by atoms with Crippen LogP contribution in [0.4, 0.5) is 5.69 Å². The Labute approximate surface area is 152 Å². The molecule has 0 N–H and O–H groups in total.